The minimum absolute atomic E-state index is 0.132. The average Bonchev–Trinajstić information content (AvgIpc) is 3.63. The van der Waals surface area contributed by atoms with Crippen molar-refractivity contribution in [3.8, 4) is 11.8 Å². The number of carbonyl (C=O) groups excluding carboxylic acids is 1. The molecule has 0 saturated heterocycles. The molecule has 1 aromatic heterocycles. The van der Waals surface area contributed by atoms with E-state index in [2.05, 4.69) is 15.7 Å². The molecule has 6 nitrogen and oxygen atoms in total. The lowest BCUT2D eigenvalue weighted by Gasteiger charge is -2.21. The fourth-order valence-electron chi connectivity index (χ4n) is 4.30. The average molecular weight is 534 g/mol. The number of aromatic nitrogens is 2. The van der Waals surface area contributed by atoms with Crippen molar-refractivity contribution in [2.75, 3.05) is 11.9 Å². The van der Waals surface area contributed by atoms with Crippen LogP contribution in [0, 0.1) is 23.1 Å². The summed E-state index contributed by atoms with van der Waals surface area (Å²) in [5.41, 5.74) is 0.185. The second kappa shape index (κ2) is 10.7. The van der Waals surface area contributed by atoms with Gasteiger partial charge < -0.3 is 10.6 Å². The number of hydrogen-bond donors (Lipinski definition) is 2. The van der Waals surface area contributed by atoms with Crippen LogP contribution in [-0.4, -0.2) is 22.2 Å². The highest BCUT2D eigenvalue weighted by Gasteiger charge is 2.36. The molecule has 1 amide bonds. The summed E-state index contributed by atoms with van der Waals surface area (Å²) >= 11 is 0. The van der Waals surface area contributed by atoms with Gasteiger partial charge in [-0.25, -0.2) is 9.07 Å². The standard InChI is InChI=1S/C29H23F4N5O/c30-24-10-2-1-9-23(24)27(35-17-18-11-12-18)20-6-4-7-21(14-20)36-28(39)25-15-26(29(31,32)33)37-38(25)22-8-3-5-19(13-22)16-34/h1-10,13-15,18,27,35H,11-12,17H2,(H,36,39). The fourth-order valence-corrected chi connectivity index (χ4v) is 4.30. The summed E-state index contributed by atoms with van der Waals surface area (Å²) in [5, 5.41) is 18.9. The predicted octanol–water partition coefficient (Wildman–Crippen LogP) is 6.24. The number of benzene rings is 3. The number of nitrogens with one attached hydrogen (secondary N) is 2. The van der Waals surface area contributed by atoms with Gasteiger partial charge in [-0.2, -0.15) is 23.5 Å². The van der Waals surface area contributed by atoms with Crippen molar-refractivity contribution in [1.29, 1.82) is 5.26 Å². The van der Waals surface area contributed by atoms with E-state index in [4.69, 9.17) is 0 Å². The second-order valence-corrected chi connectivity index (χ2v) is 9.37. The number of carbonyl (C=O) groups is 1. The monoisotopic (exact) mass is 533 g/mol. The lowest BCUT2D eigenvalue weighted by Crippen LogP contribution is -2.25. The zero-order valence-corrected chi connectivity index (χ0v) is 20.5. The van der Waals surface area contributed by atoms with E-state index < -0.39 is 23.8 Å². The van der Waals surface area contributed by atoms with Crippen LogP contribution < -0.4 is 10.6 Å². The molecule has 1 unspecified atom stereocenters. The molecule has 2 N–H and O–H groups in total. The Balaban J connectivity index is 1.47. The van der Waals surface area contributed by atoms with E-state index in [0.717, 1.165) is 17.5 Å². The van der Waals surface area contributed by atoms with Crippen molar-refractivity contribution < 1.29 is 22.4 Å². The van der Waals surface area contributed by atoms with Crippen molar-refractivity contribution in [2.45, 2.75) is 25.1 Å². The topological polar surface area (TPSA) is 82.7 Å². The molecule has 1 atom stereocenters. The van der Waals surface area contributed by atoms with E-state index in [1.54, 1.807) is 42.5 Å². The van der Waals surface area contributed by atoms with Gasteiger partial charge in [0.1, 0.15) is 11.5 Å². The summed E-state index contributed by atoms with van der Waals surface area (Å²) < 4.78 is 56.1. The lowest BCUT2D eigenvalue weighted by atomic mass is 9.97. The molecule has 4 aromatic rings. The molecule has 1 fully saturated rings. The van der Waals surface area contributed by atoms with Crippen LogP contribution in [-0.2, 0) is 6.18 Å². The summed E-state index contributed by atoms with van der Waals surface area (Å²) in [5.74, 6) is -0.667. The predicted molar refractivity (Wildman–Crippen MR) is 137 cm³/mol. The summed E-state index contributed by atoms with van der Waals surface area (Å²) in [4.78, 5) is 13.3. The Kier molecular flexibility index (Phi) is 7.17. The Labute approximate surface area is 221 Å². The number of nitrogens with zero attached hydrogens (tertiary/aromatic N) is 3. The summed E-state index contributed by atoms with van der Waals surface area (Å²) in [6.45, 7) is 0.705. The van der Waals surface area contributed by atoms with E-state index in [9.17, 15) is 27.6 Å². The van der Waals surface area contributed by atoms with Crippen LogP contribution in [0.2, 0.25) is 0 Å². The molecule has 0 spiro atoms. The van der Waals surface area contributed by atoms with Gasteiger partial charge in [-0.15, -0.1) is 0 Å². The first-order valence-electron chi connectivity index (χ1n) is 12.3. The maximum absolute atomic E-state index is 14.7. The molecule has 10 heteroatoms. The van der Waals surface area contributed by atoms with Gasteiger partial charge in [0.05, 0.1) is 23.4 Å². The van der Waals surface area contributed by atoms with E-state index in [0.29, 0.717) is 35.3 Å². The van der Waals surface area contributed by atoms with Crippen LogP contribution in [0.4, 0.5) is 23.2 Å². The molecule has 39 heavy (non-hydrogen) atoms. The van der Waals surface area contributed by atoms with E-state index in [-0.39, 0.29) is 22.8 Å². The van der Waals surface area contributed by atoms with Gasteiger partial charge in [0.15, 0.2) is 5.69 Å². The number of nitriles is 1. The van der Waals surface area contributed by atoms with Gasteiger partial charge in [-0.1, -0.05) is 36.4 Å². The number of amides is 1. The molecule has 198 valence electrons. The summed E-state index contributed by atoms with van der Waals surface area (Å²) in [6.07, 6.45) is -2.57. The van der Waals surface area contributed by atoms with Crippen LogP contribution in [0.5, 0.6) is 0 Å². The van der Waals surface area contributed by atoms with E-state index in [1.807, 2.05) is 6.07 Å². The number of anilines is 1. The Hall–Kier alpha value is -4.49. The highest BCUT2D eigenvalue weighted by atomic mass is 19.4. The molecule has 1 aliphatic carbocycles. The summed E-state index contributed by atoms with van der Waals surface area (Å²) in [7, 11) is 0. The van der Waals surface area contributed by atoms with Crippen molar-refractivity contribution in [3.05, 3.63) is 113 Å². The second-order valence-electron chi connectivity index (χ2n) is 9.37. The van der Waals surface area contributed by atoms with Gasteiger partial charge in [0, 0.05) is 17.3 Å². The number of alkyl halides is 3. The highest BCUT2D eigenvalue weighted by molar-refractivity contribution is 6.03. The Morgan fingerprint density at radius 1 is 1.05 bits per heavy atom. The third kappa shape index (κ3) is 5.99. The molecular formula is C29H23F4N5O. The van der Waals surface area contributed by atoms with Crippen molar-refractivity contribution >= 4 is 11.6 Å². The number of hydrogen-bond acceptors (Lipinski definition) is 4. The first kappa shape index (κ1) is 26.1. The van der Waals surface area contributed by atoms with Crippen molar-refractivity contribution in [2.24, 2.45) is 5.92 Å². The SMILES string of the molecule is N#Cc1cccc(-n2nc(C(F)(F)F)cc2C(=O)Nc2cccc(C(NCC3CC3)c3ccccc3F)c2)c1. The van der Waals surface area contributed by atoms with Gasteiger partial charge in [-0.3, -0.25) is 4.79 Å². The Morgan fingerprint density at radius 2 is 1.82 bits per heavy atom. The highest BCUT2D eigenvalue weighted by Crippen LogP contribution is 2.32. The van der Waals surface area contributed by atoms with Gasteiger partial charge in [-0.05, 0) is 67.3 Å². The first-order chi connectivity index (χ1) is 18.7. The quantitative estimate of drug-likeness (QED) is 0.263. The zero-order valence-electron chi connectivity index (χ0n) is 20.5. The number of halogens is 4. The van der Waals surface area contributed by atoms with Gasteiger partial charge in [0.25, 0.3) is 5.91 Å². The molecule has 0 aliphatic heterocycles. The van der Waals surface area contributed by atoms with E-state index in [1.165, 1.54) is 30.3 Å². The molecule has 1 aliphatic rings. The third-order valence-electron chi connectivity index (χ3n) is 6.45. The van der Waals surface area contributed by atoms with Crippen LogP contribution in [0.25, 0.3) is 5.69 Å². The van der Waals surface area contributed by atoms with E-state index >= 15 is 0 Å². The van der Waals surface area contributed by atoms with Crippen LogP contribution in [0.1, 0.15) is 51.8 Å². The van der Waals surface area contributed by atoms with Crippen molar-refractivity contribution in [3.63, 3.8) is 0 Å². The van der Waals surface area contributed by atoms with Crippen LogP contribution in [0.15, 0.2) is 78.9 Å². The fraction of sp³-hybridized carbons (Fsp3) is 0.207. The molecular weight excluding hydrogens is 510 g/mol. The lowest BCUT2D eigenvalue weighted by molar-refractivity contribution is -0.141. The summed E-state index contributed by atoms with van der Waals surface area (Å²) in [6, 6.07) is 21.1. The molecule has 1 saturated carbocycles. The van der Waals surface area contributed by atoms with Crippen LogP contribution in [0.3, 0.4) is 0 Å². The zero-order chi connectivity index (χ0) is 27.6. The van der Waals surface area contributed by atoms with Gasteiger partial charge in [0.2, 0.25) is 0 Å². The minimum atomic E-state index is -4.78. The van der Waals surface area contributed by atoms with Gasteiger partial charge >= 0.3 is 6.18 Å². The molecule has 3 aromatic carbocycles. The maximum Gasteiger partial charge on any atom is 0.435 e. The largest absolute Gasteiger partial charge is 0.435 e. The molecule has 0 radical (unpaired) electrons. The minimum Gasteiger partial charge on any atom is -0.321 e. The molecule has 5 rings (SSSR count). The van der Waals surface area contributed by atoms with Crippen LogP contribution >= 0.6 is 0 Å². The maximum atomic E-state index is 14.7. The smallest absolute Gasteiger partial charge is 0.321 e. The van der Waals surface area contributed by atoms with Crippen molar-refractivity contribution in [1.82, 2.24) is 15.1 Å². The Bertz CT molecular complexity index is 1550. The Morgan fingerprint density at radius 3 is 2.54 bits per heavy atom. The first-order valence-corrected chi connectivity index (χ1v) is 12.3. The molecule has 0 bridgehead atoms. The number of rotatable bonds is 8. The normalized spacial score (nSPS) is 14.0. The molecule has 1 heterocycles. The third-order valence-corrected chi connectivity index (χ3v) is 6.45.